The molecule has 0 N–H and O–H groups in total. The first-order chi connectivity index (χ1) is 13.9. The lowest BCUT2D eigenvalue weighted by atomic mass is 9.98. The first-order valence-electron chi connectivity index (χ1n) is 10.2. The van der Waals surface area contributed by atoms with E-state index in [0.717, 1.165) is 0 Å². The summed E-state index contributed by atoms with van der Waals surface area (Å²) in [6.07, 6.45) is -0.469. The largest absolute Gasteiger partial charge is 0.448 e. The molecule has 5 heteroatoms. The monoisotopic (exact) mass is 394 g/mol. The summed E-state index contributed by atoms with van der Waals surface area (Å²) in [5.74, 6) is -0.0771. The van der Waals surface area contributed by atoms with E-state index in [-0.39, 0.29) is 24.3 Å². The molecule has 0 heterocycles. The summed E-state index contributed by atoms with van der Waals surface area (Å²) >= 11 is 0. The van der Waals surface area contributed by atoms with E-state index >= 15 is 0 Å². The second-order valence-corrected chi connectivity index (χ2v) is 7.96. The predicted molar refractivity (Wildman–Crippen MR) is 115 cm³/mol. The number of fused-ring (bicyclic) bond motifs is 3. The summed E-state index contributed by atoms with van der Waals surface area (Å²) in [6.45, 7) is 6.65. The predicted octanol–water partition coefficient (Wildman–Crippen LogP) is 4.37. The van der Waals surface area contributed by atoms with E-state index < -0.39 is 12.1 Å². The topological polar surface area (TPSA) is 49.9 Å². The van der Waals surface area contributed by atoms with Crippen LogP contribution in [-0.4, -0.2) is 55.1 Å². The molecular formula is C24H30N2O3. The van der Waals surface area contributed by atoms with E-state index in [1.54, 1.807) is 19.0 Å². The van der Waals surface area contributed by atoms with Gasteiger partial charge in [-0.25, -0.2) is 4.79 Å². The highest BCUT2D eigenvalue weighted by molar-refractivity contribution is 5.86. The number of ether oxygens (including phenoxy) is 1. The number of likely N-dealkylation sites (N-methyl/N-ethyl adjacent to an activating group) is 2. The van der Waals surface area contributed by atoms with Crippen LogP contribution in [-0.2, 0) is 9.53 Å². The minimum Gasteiger partial charge on any atom is -0.448 e. The average Bonchev–Trinajstić information content (AvgIpc) is 3.05. The minimum atomic E-state index is -0.546. The van der Waals surface area contributed by atoms with E-state index in [1.807, 2.05) is 45.0 Å². The Morgan fingerprint density at radius 3 is 1.97 bits per heavy atom. The van der Waals surface area contributed by atoms with Gasteiger partial charge in [-0.1, -0.05) is 62.4 Å². The number of benzene rings is 2. The van der Waals surface area contributed by atoms with E-state index in [9.17, 15) is 9.59 Å². The third-order valence-corrected chi connectivity index (χ3v) is 5.78. The van der Waals surface area contributed by atoms with Crippen molar-refractivity contribution in [2.45, 2.75) is 32.7 Å². The standard InChI is InChI=1S/C24H30N2O3/c1-6-25(4)23(27)22(16(2)3)26(5)24(28)29-15-21-19-13-9-7-11-17(19)18-12-8-10-14-20(18)21/h7-14,16,21-22H,6,15H2,1-5H3. The molecular weight excluding hydrogens is 364 g/mol. The molecule has 2 aromatic carbocycles. The van der Waals surface area contributed by atoms with E-state index in [1.165, 1.54) is 27.2 Å². The van der Waals surface area contributed by atoms with Crippen molar-refractivity contribution in [1.82, 2.24) is 9.80 Å². The molecule has 3 rings (SSSR count). The molecule has 1 aliphatic carbocycles. The molecule has 2 aromatic rings. The summed E-state index contributed by atoms with van der Waals surface area (Å²) in [6, 6.07) is 15.9. The van der Waals surface area contributed by atoms with Crippen molar-refractivity contribution in [2.75, 3.05) is 27.2 Å². The highest BCUT2D eigenvalue weighted by Crippen LogP contribution is 2.44. The van der Waals surface area contributed by atoms with Crippen LogP contribution >= 0.6 is 0 Å². The first-order valence-corrected chi connectivity index (χ1v) is 10.2. The van der Waals surface area contributed by atoms with Gasteiger partial charge < -0.3 is 9.64 Å². The van der Waals surface area contributed by atoms with Gasteiger partial charge in [-0.3, -0.25) is 9.69 Å². The molecule has 0 aliphatic heterocycles. The molecule has 0 aromatic heterocycles. The number of hydrogen-bond acceptors (Lipinski definition) is 3. The Morgan fingerprint density at radius 2 is 1.48 bits per heavy atom. The van der Waals surface area contributed by atoms with Crippen LogP contribution in [0, 0.1) is 5.92 Å². The fourth-order valence-corrected chi connectivity index (χ4v) is 4.09. The van der Waals surface area contributed by atoms with Crippen LogP contribution in [0.1, 0.15) is 37.8 Å². The number of carbonyl (C=O) groups excluding carboxylic acids is 2. The quantitative estimate of drug-likeness (QED) is 0.731. The van der Waals surface area contributed by atoms with E-state index in [2.05, 4.69) is 24.3 Å². The van der Waals surface area contributed by atoms with Gasteiger partial charge in [0, 0.05) is 26.6 Å². The Labute approximate surface area is 173 Å². The first kappa shape index (κ1) is 20.9. The molecule has 154 valence electrons. The Balaban J connectivity index is 1.76. The maximum Gasteiger partial charge on any atom is 0.410 e. The van der Waals surface area contributed by atoms with Crippen molar-refractivity contribution in [3.05, 3.63) is 59.7 Å². The molecule has 2 amide bonds. The number of nitrogens with zero attached hydrogens (tertiary/aromatic N) is 2. The van der Waals surface area contributed by atoms with Crippen LogP contribution in [0.3, 0.4) is 0 Å². The van der Waals surface area contributed by atoms with Gasteiger partial charge in [0.25, 0.3) is 0 Å². The lowest BCUT2D eigenvalue weighted by molar-refractivity contribution is -0.136. The molecule has 5 nitrogen and oxygen atoms in total. The van der Waals surface area contributed by atoms with Crippen molar-refractivity contribution >= 4 is 12.0 Å². The maximum absolute atomic E-state index is 12.8. The SMILES string of the molecule is CCN(C)C(=O)C(C(C)C)N(C)C(=O)OCC1c2ccccc2-c2ccccc21. The molecule has 0 saturated heterocycles. The summed E-state index contributed by atoms with van der Waals surface area (Å²) < 4.78 is 5.71. The zero-order valence-corrected chi connectivity index (χ0v) is 17.9. The molecule has 1 unspecified atom stereocenters. The van der Waals surface area contributed by atoms with E-state index in [4.69, 9.17) is 4.74 Å². The van der Waals surface area contributed by atoms with Gasteiger partial charge in [0.1, 0.15) is 12.6 Å². The molecule has 0 saturated carbocycles. The maximum atomic E-state index is 12.8. The van der Waals surface area contributed by atoms with Gasteiger partial charge in [-0.2, -0.15) is 0 Å². The van der Waals surface area contributed by atoms with Crippen LogP contribution in [0.4, 0.5) is 4.79 Å². The van der Waals surface area contributed by atoms with Gasteiger partial charge in [0.2, 0.25) is 5.91 Å². The third-order valence-electron chi connectivity index (χ3n) is 5.78. The summed E-state index contributed by atoms with van der Waals surface area (Å²) in [7, 11) is 3.40. The van der Waals surface area contributed by atoms with Crippen LogP contribution in [0.25, 0.3) is 11.1 Å². The third kappa shape index (κ3) is 4.00. The zero-order chi connectivity index (χ0) is 21.1. The molecule has 0 bridgehead atoms. The van der Waals surface area contributed by atoms with Crippen molar-refractivity contribution in [3.63, 3.8) is 0 Å². The van der Waals surface area contributed by atoms with Crippen LogP contribution in [0.5, 0.6) is 0 Å². The normalized spacial score (nSPS) is 13.6. The number of carbonyl (C=O) groups is 2. The van der Waals surface area contributed by atoms with Gasteiger partial charge in [0.15, 0.2) is 0 Å². The van der Waals surface area contributed by atoms with Gasteiger partial charge >= 0.3 is 6.09 Å². The highest BCUT2D eigenvalue weighted by atomic mass is 16.6. The number of rotatable bonds is 6. The highest BCUT2D eigenvalue weighted by Gasteiger charge is 2.34. The lowest BCUT2D eigenvalue weighted by Gasteiger charge is -2.32. The molecule has 0 spiro atoms. The van der Waals surface area contributed by atoms with Crippen molar-refractivity contribution in [2.24, 2.45) is 5.92 Å². The van der Waals surface area contributed by atoms with Crippen LogP contribution < -0.4 is 0 Å². The fourth-order valence-electron chi connectivity index (χ4n) is 4.09. The van der Waals surface area contributed by atoms with Crippen molar-refractivity contribution < 1.29 is 14.3 Å². The Hall–Kier alpha value is -2.82. The van der Waals surface area contributed by atoms with Gasteiger partial charge in [-0.15, -0.1) is 0 Å². The second-order valence-electron chi connectivity index (χ2n) is 7.96. The van der Waals surface area contributed by atoms with Crippen LogP contribution in [0.2, 0.25) is 0 Å². The molecule has 29 heavy (non-hydrogen) atoms. The second kappa shape index (κ2) is 8.68. The lowest BCUT2D eigenvalue weighted by Crippen LogP contribution is -2.51. The van der Waals surface area contributed by atoms with Crippen LogP contribution in [0.15, 0.2) is 48.5 Å². The fraction of sp³-hybridized carbons (Fsp3) is 0.417. The average molecular weight is 395 g/mol. The smallest absolute Gasteiger partial charge is 0.410 e. The van der Waals surface area contributed by atoms with Crippen molar-refractivity contribution in [3.8, 4) is 11.1 Å². The summed E-state index contributed by atoms with van der Waals surface area (Å²) in [4.78, 5) is 28.6. The van der Waals surface area contributed by atoms with Gasteiger partial charge in [-0.05, 0) is 35.1 Å². The molecule has 1 aliphatic rings. The van der Waals surface area contributed by atoms with E-state index in [0.29, 0.717) is 6.54 Å². The van der Waals surface area contributed by atoms with Crippen molar-refractivity contribution in [1.29, 1.82) is 0 Å². The Bertz CT molecular complexity index is 848. The summed E-state index contributed by atoms with van der Waals surface area (Å²) in [5, 5.41) is 0. The van der Waals surface area contributed by atoms with Gasteiger partial charge in [0.05, 0.1) is 0 Å². The molecule has 0 radical (unpaired) electrons. The number of amides is 2. The molecule has 0 fully saturated rings. The minimum absolute atomic E-state index is 0.00580. The number of hydrogen-bond donors (Lipinski definition) is 0. The summed E-state index contributed by atoms with van der Waals surface area (Å²) in [5.41, 5.74) is 4.73. The Kier molecular flexibility index (Phi) is 6.26. The zero-order valence-electron chi connectivity index (χ0n) is 17.9. The Morgan fingerprint density at radius 1 is 0.966 bits per heavy atom. The molecule has 1 atom stereocenters.